The topological polar surface area (TPSA) is 57.8 Å². The van der Waals surface area contributed by atoms with Gasteiger partial charge < -0.3 is 5.32 Å². The van der Waals surface area contributed by atoms with Gasteiger partial charge in [-0.3, -0.25) is 9.78 Å². The van der Waals surface area contributed by atoms with Crippen LogP contribution in [0.5, 0.6) is 0 Å². The van der Waals surface area contributed by atoms with E-state index in [1.807, 2.05) is 24.3 Å². The number of fused-ring (bicyclic) bond motifs is 1. The third-order valence-electron chi connectivity index (χ3n) is 3.56. The molecule has 0 aliphatic heterocycles. The molecule has 1 aliphatic rings. The van der Waals surface area contributed by atoms with Gasteiger partial charge in [0.2, 0.25) is 5.95 Å². The number of aromatic amines is 1. The fourth-order valence-electron chi connectivity index (χ4n) is 2.50. The molecule has 1 aromatic heterocycles. The second-order valence-electron chi connectivity index (χ2n) is 5.00. The van der Waals surface area contributed by atoms with Gasteiger partial charge in [0.1, 0.15) is 0 Å². The molecule has 4 nitrogen and oxygen atoms in total. The molecular weight excluding hydrogens is 274 g/mol. The second-order valence-corrected chi connectivity index (χ2v) is 5.43. The number of rotatable bonds is 4. The molecule has 0 amide bonds. The highest BCUT2D eigenvalue weighted by Gasteiger charge is 2.16. The van der Waals surface area contributed by atoms with Crippen LogP contribution in [0.4, 0.5) is 5.95 Å². The molecule has 0 unspecified atom stereocenters. The van der Waals surface area contributed by atoms with Crippen LogP contribution in [0.25, 0.3) is 0 Å². The van der Waals surface area contributed by atoms with Gasteiger partial charge in [-0.05, 0) is 43.4 Å². The highest BCUT2D eigenvalue weighted by Crippen LogP contribution is 2.16. The van der Waals surface area contributed by atoms with Crippen molar-refractivity contribution >= 4 is 17.5 Å². The molecule has 5 heteroatoms. The lowest BCUT2D eigenvalue weighted by atomic mass is 10.1. The van der Waals surface area contributed by atoms with E-state index in [-0.39, 0.29) is 5.56 Å². The van der Waals surface area contributed by atoms with Gasteiger partial charge in [-0.25, -0.2) is 4.98 Å². The van der Waals surface area contributed by atoms with Crippen LogP contribution in [0.1, 0.15) is 23.2 Å². The molecule has 0 bridgehead atoms. The molecule has 0 saturated heterocycles. The summed E-state index contributed by atoms with van der Waals surface area (Å²) in [4.78, 5) is 19.1. The predicted molar refractivity (Wildman–Crippen MR) is 80.5 cm³/mol. The zero-order valence-electron chi connectivity index (χ0n) is 11.1. The van der Waals surface area contributed by atoms with Crippen LogP contribution in [0.2, 0.25) is 5.02 Å². The van der Waals surface area contributed by atoms with Crippen molar-refractivity contribution in [2.24, 2.45) is 0 Å². The van der Waals surface area contributed by atoms with Crippen LogP contribution in [0, 0.1) is 0 Å². The highest BCUT2D eigenvalue weighted by atomic mass is 35.5. The van der Waals surface area contributed by atoms with Crippen molar-refractivity contribution in [3.05, 3.63) is 56.5 Å². The average molecular weight is 290 g/mol. The molecule has 0 radical (unpaired) electrons. The van der Waals surface area contributed by atoms with E-state index in [4.69, 9.17) is 11.6 Å². The van der Waals surface area contributed by atoms with Crippen molar-refractivity contribution in [3.8, 4) is 0 Å². The summed E-state index contributed by atoms with van der Waals surface area (Å²) in [5, 5.41) is 3.92. The van der Waals surface area contributed by atoms with Crippen molar-refractivity contribution in [1.82, 2.24) is 9.97 Å². The van der Waals surface area contributed by atoms with Crippen molar-refractivity contribution in [2.45, 2.75) is 25.7 Å². The maximum Gasteiger partial charge on any atom is 0.255 e. The first-order chi connectivity index (χ1) is 9.72. The fraction of sp³-hybridized carbons (Fsp3) is 0.333. The minimum absolute atomic E-state index is 0.00138. The van der Waals surface area contributed by atoms with E-state index in [0.717, 1.165) is 48.5 Å². The number of nitrogens with zero attached hydrogens (tertiary/aromatic N) is 1. The van der Waals surface area contributed by atoms with Gasteiger partial charge in [0, 0.05) is 17.1 Å². The van der Waals surface area contributed by atoms with E-state index < -0.39 is 0 Å². The van der Waals surface area contributed by atoms with Crippen molar-refractivity contribution in [1.29, 1.82) is 0 Å². The number of aryl methyl sites for hydroxylation is 1. The highest BCUT2D eigenvalue weighted by molar-refractivity contribution is 6.30. The number of nitrogens with one attached hydrogen (secondary N) is 2. The Morgan fingerprint density at radius 2 is 2.05 bits per heavy atom. The lowest BCUT2D eigenvalue weighted by molar-refractivity contribution is 0.897. The molecule has 0 fully saturated rings. The van der Waals surface area contributed by atoms with Gasteiger partial charge >= 0.3 is 0 Å². The Hall–Kier alpha value is -1.81. The SMILES string of the molecule is O=c1[nH]c(NCCc2ccc(Cl)cc2)nc2c1CCC2. The quantitative estimate of drug-likeness (QED) is 0.909. The lowest BCUT2D eigenvalue weighted by Gasteiger charge is -2.07. The Morgan fingerprint density at radius 1 is 1.25 bits per heavy atom. The van der Waals surface area contributed by atoms with E-state index in [2.05, 4.69) is 15.3 Å². The zero-order chi connectivity index (χ0) is 13.9. The first-order valence-corrected chi connectivity index (χ1v) is 7.20. The maximum absolute atomic E-state index is 11.9. The van der Waals surface area contributed by atoms with E-state index in [1.54, 1.807) is 0 Å². The van der Waals surface area contributed by atoms with Crippen LogP contribution in [-0.2, 0) is 19.3 Å². The number of hydrogen-bond acceptors (Lipinski definition) is 3. The number of benzene rings is 1. The molecular formula is C15H16ClN3O. The molecule has 1 heterocycles. The number of halogens is 1. The van der Waals surface area contributed by atoms with E-state index in [9.17, 15) is 4.79 Å². The van der Waals surface area contributed by atoms with Gasteiger partial charge in [-0.2, -0.15) is 0 Å². The van der Waals surface area contributed by atoms with Crippen LogP contribution < -0.4 is 10.9 Å². The third-order valence-corrected chi connectivity index (χ3v) is 3.81. The predicted octanol–water partition coefficient (Wildman–Crippen LogP) is 2.57. The molecule has 20 heavy (non-hydrogen) atoms. The third kappa shape index (κ3) is 2.85. The van der Waals surface area contributed by atoms with Crippen molar-refractivity contribution < 1.29 is 0 Å². The smallest absolute Gasteiger partial charge is 0.255 e. The molecule has 0 saturated carbocycles. The molecule has 2 N–H and O–H groups in total. The summed E-state index contributed by atoms with van der Waals surface area (Å²) in [5.74, 6) is 0.574. The fourth-order valence-corrected chi connectivity index (χ4v) is 2.63. The Balaban J connectivity index is 1.63. The molecule has 1 aliphatic carbocycles. The number of hydrogen-bond donors (Lipinski definition) is 2. The van der Waals surface area contributed by atoms with Crippen LogP contribution in [0.15, 0.2) is 29.1 Å². The molecule has 3 rings (SSSR count). The molecule has 1 aromatic carbocycles. The Kier molecular flexibility index (Phi) is 3.74. The lowest BCUT2D eigenvalue weighted by Crippen LogP contribution is -2.18. The van der Waals surface area contributed by atoms with Crippen LogP contribution >= 0.6 is 11.6 Å². The summed E-state index contributed by atoms with van der Waals surface area (Å²) in [5.41, 5.74) is 3.00. The summed E-state index contributed by atoms with van der Waals surface area (Å²) >= 11 is 5.85. The average Bonchev–Trinajstić information content (AvgIpc) is 2.90. The van der Waals surface area contributed by atoms with Crippen molar-refractivity contribution in [2.75, 3.05) is 11.9 Å². The maximum atomic E-state index is 11.9. The summed E-state index contributed by atoms with van der Waals surface area (Å²) in [6.45, 7) is 0.726. The van der Waals surface area contributed by atoms with Crippen LogP contribution in [0.3, 0.4) is 0 Å². The normalized spacial score (nSPS) is 13.2. The second kappa shape index (κ2) is 5.67. The molecule has 2 aromatic rings. The van der Waals surface area contributed by atoms with Gasteiger partial charge in [-0.15, -0.1) is 0 Å². The van der Waals surface area contributed by atoms with E-state index >= 15 is 0 Å². The Labute approximate surface area is 122 Å². The van der Waals surface area contributed by atoms with Gasteiger partial charge in [0.05, 0.1) is 5.69 Å². The summed E-state index contributed by atoms with van der Waals surface area (Å²) < 4.78 is 0. The summed E-state index contributed by atoms with van der Waals surface area (Å²) in [6.07, 6.45) is 3.64. The standard InChI is InChI=1S/C15H16ClN3O/c16-11-6-4-10(5-7-11)8-9-17-15-18-13-3-1-2-12(13)14(20)19-15/h4-7H,1-3,8-9H2,(H2,17,18,19,20). The molecule has 0 atom stereocenters. The number of H-pyrrole nitrogens is 1. The number of aromatic nitrogens is 2. The van der Waals surface area contributed by atoms with Gasteiger partial charge in [-0.1, -0.05) is 23.7 Å². The van der Waals surface area contributed by atoms with E-state index in [1.165, 1.54) is 5.56 Å². The van der Waals surface area contributed by atoms with E-state index in [0.29, 0.717) is 5.95 Å². The van der Waals surface area contributed by atoms with Gasteiger partial charge in [0.25, 0.3) is 5.56 Å². The van der Waals surface area contributed by atoms with Gasteiger partial charge in [0.15, 0.2) is 0 Å². The number of anilines is 1. The summed E-state index contributed by atoms with van der Waals surface area (Å²) in [6, 6.07) is 7.77. The minimum Gasteiger partial charge on any atom is -0.355 e. The molecule has 104 valence electrons. The Morgan fingerprint density at radius 3 is 2.85 bits per heavy atom. The Bertz CT molecular complexity index is 664. The summed E-state index contributed by atoms with van der Waals surface area (Å²) in [7, 11) is 0. The first kappa shape index (κ1) is 13.2. The minimum atomic E-state index is 0.00138. The monoisotopic (exact) mass is 289 g/mol. The first-order valence-electron chi connectivity index (χ1n) is 6.83. The largest absolute Gasteiger partial charge is 0.355 e. The van der Waals surface area contributed by atoms with Crippen LogP contribution in [-0.4, -0.2) is 16.5 Å². The van der Waals surface area contributed by atoms with Crippen molar-refractivity contribution in [3.63, 3.8) is 0 Å². The molecule has 0 spiro atoms. The zero-order valence-corrected chi connectivity index (χ0v) is 11.8.